The van der Waals surface area contributed by atoms with Crippen LogP contribution in [0.5, 0.6) is 0 Å². The maximum Gasteiger partial charge on any atom is 0.207 e. The van der Waals surface area contributed by atoms with Gasteiger partial charge in [-0.1, -0.05) is 68.9 Å². The summed E-state index contributed by atoms with van der Waals surface area (Å²) in [6.45, 7) is 0.437. The van der Waals surface area contributed by atoms with E-state index in [4.69, 9.17) is 44.3 Å². The smallest absolute Gasteiger partial charge is 0.207 e. The van der Waals surface area contributed by atoms with Crippen LogP contribution < -0.4 is 0 Å². The van der Waals surface area contributed by atoms with Gasteiger partial charge in [0, 0.05) is 15.6 Å². The minimum Gasteiger partial charge on any atom is -0.342 e. The van der Waals surface area contributed by atoms with Crippen molar-refractivity contribution in [1.29, 1.82) is 0 Å². The summed E-state index contributed by atoms with van der Waals surface area (Å²) in [5, 5.41) is 2.25. The fourth-order valence-corrected chi connectivity index (χ4v) is 3.71. The van der Waals surface area contributed by atoms with E-state index in [0.717, 1.165) is 11.1 Å². The number of rotatable bonds is 3. The van der Waals surface area contributed by atoms with Gasteiger partial charge in [0.2, 0.25) is 5.79 Å². The van der Waals surface area contributed by atoms with Gasteiger partial charge in [0.25, 0.3) is 0 Å². The Hall–Kier alpha value is -0.290. The highest BCUT2D eigenvalue weighted by atomic mass is 79.9. The quantitative estimate of drug-likeness (QED) is 0.566. The molecule has 6 heteroatoms. The number of hydrogen-bond donors (Lipinski definition) is 0. The van der Waals surface area contributed by atoms with Gasteiger partial charge in [-0.25, -0.2) is 0 Å². The standard InChI is InChI=1S/C16H12BrCl3O2/c17-9-16(13-6-5-12(19)7-14(13)20)21-8-15(22-16)10-1-3-11(18)4-2-10/h1-7,15H,8-9H2/t15-,16+/m0/s1. The molecule has 1 aliphatic rings. The van der Waals surface area contributed by atoms with Crippen LogP contribution in [0, 0.1) is 0 Å². The number of benzene rings is 2. The molecule has 0 saturated carbocycles. The average molecular weight is 423 g/mol. The molecule has 116 valence electrons. The number of hydrogen-bond acceptors (Lipinski definition) is 2. The van der Waals surface area contributed by atoms with Crippen LogP contribution in [0.1, 0.15) is 17.2 Å². The Morgan fingerprint density at radius 2 is 1.73 bits per heavy atom. The van der Waals surface area contributed by atoms with Crippen LogP contribution >= 0.6 is 50.7 Å². The zero-order valence-corrected chi connectivity index (χ0v) is 15.2. The molecular weight excluding hydrogens is 410 g/mol. The Morgan fingerprint density at radius 1 is 1.05 bits per heavy atom. The van der Waals surface area contributed by atoms with Crippen molar-refractivity contribution in [1.82, 2.24) is 0 Å². The van der Waals surface area contributed by atoms with E-state index in [1.54, 1.807) is 12.1 Å². The SMILES string of the molecule is Clc1ccc([C@@H]2CO[C@@](CBr)(c3ccc(Cl)cc3Cl)O2)cc1. The third kappa shape index (κ3) is 3.16. The zero-order valence-electron chi connectivity index (χ0n) is 11.4. The predicted molar refractivity (Wildman–Crippen MR) is 93.2 cm³/mol. The molecule has 1 heterocycles. The molecule has 0 spiro atoms. The molecule has 0 aliphatic carbocycles. The second-order valence-electron chi connectivity index (χ2n) is 4.98. The maximum absolute atomic E-state index is 6.31. The molecule has 0 bridgehead atoms. The summed E-state index contributed by atoms with van der Waals surface area (Å²) in [6, 6.07) is 12.8. The van der Waals surface area contributed by atoms with E-state index in [-0.39, 0.29) is 6.10 Å². The largest absolute Gasteiger partial charge is 0.342 e. The van der Waals surface area contributed by atoms with Crippen molar-refractivity contribution in [3.05, 3.63) is 68.7 Å². The molecule has 1 saturated heterocycles. The number of alkyl halides is 1. The molecule has 2 atom stereocenters. The van der Waals surface area contributed by atoms with Crippen molar-refractivity contribution in [2.45, 2.75) is 11.9 Å². The zero-order chi connectivity index (χ0) is 15.7. The Balaban J connectivity index is 1.91. The molecule has 22 heavy (non-hydrogen) atoms. The Bertz CT molecular complexity index is 678. The van der Waals surface area contributed by atoms with Crippen molar-refractivity contribution < 1.29 is 9.47 Å². The second-order valence-corrected chi connectivity index (χ2v) is 6.82. The van der Waals surface area contributed by atoms with Gasteiger partial charge in [-0.15, -0.1) is 0 Å². The lowest BCUT2D eigenvalue weighted by molar-refractivity contribution is -0.157. The van der Waals surface area contributed by atoms with Crippen LogP contribution in [0.4, 0.5) is 0 Å². The lowest BCUT2D eigenvalue weighted by Crippen LogP contribution is -2.29. The molecule has 3 rings (SSSR count). The molecule has 2 aromatic rings. The summed E-state index contributed by atoms with van der Waals surface area (Å²) in [7, 11) is 0. The van der Waals surface area contributed by atoms with Crippen LogP contribution in [0.15, 0.2) is 42.5 Å². The van der Waals surface area contributed by atoms with E-state index in [1.165, 1.54) is 0 Å². The summed E-state index contributed by atoms with van der Waals surface area (Å²) in [5.41, 5.74) is 1.77. The van der Waals surface area contributed by atoms with E-state index in [1.807, 2.05) is 30.3 Å². The van der Waals surface area contributed by atoms with Crippen molar-refractivity contribution in [3.8, 4) is 0 Å². The summed E-state index contributed by atoms with van der Waals surface area (Å²) >= 11 is 21.7. The van der Waals surface area contributed by atoms with E-state index >= 15 is 0 Å². The first-order valence-electron chi connectivity index (χ1n) is 6.63. The highest BCUT2D eigenvalue weighted by Crippen LogP contribution is 2.44. The Kier molecular flexibility index (Phi) is 5.03. The normalized spacial score (nSPS) is 24.6. The lowest BCUT2D eigenvalue weighted by Gasteiger charge is -2.27. The van der Waals surface area contributed by atoms with Crippen molar-refractivity contribution in [2.24, 2.45) is 0 Å². The van der Waals surface area contributed by atoms with Crippen LogP contribution in [-0.4, -0.2) is 11.9 Å². The van der Waals surface area contributed by atoms with Gasteiger partial charge in [0.1, 0.15) is 6.10 Å². The van der Waals surface area contributed by atoms with Crippen LogP contribution in [-0.2, 0) is 15.3 Å². The van der Waals surface area contributed by atoms with Gasteiger partial charge in [0.15, 0.2) is 0 Å². The molecule has 0 N–H and O–H groups in total. The van der Waals surface area contributed by atoms with Crippen LogP contribution in [0.2, 0.25) is 15.1 Å². The fraction of sp³-hybridized carbons (Fsp3) is 0.250. The van der Waals surface area contributed by atoms with Gasteiger partial charge >= 0.3 is 0 Å². The lowest BCUT2D eigenvalue weighted by atomic mass is 10.1. The monoisotopic (exact) mass is 420 g/mol. The molecular formula is C16H12BrCl3O2. The van der Waals surface area contributed by atoms with Crippen LogP contribution in [0.25, 0.3) is 0 Å². The Labute approximate surface area is 152 Å². The van der Waals surface area contributed by atoms with E-state index < -0.39 is 5.79 Å². The van der Waals surface area contributed by atoms with Gasteiger partial charge in [-0.2, -0.15) is 0 Å². The summed E-state index contributed by atoms with van der Waals surface area (Å²) in [6.07, 6.45) is -0.179. The molecule has 1 fully saturated rings. The van der Waals surface area contributed by atoms with Gasteiger partial charge in [-0.05, 0) is 29.8 Å². The number of halogens is 4. The predicted octanol–water partition coefficient (Wildman–Crippen LogP) is 5.98. The third-order valence-electron chi connectivity index (χ3n) is 3.56. The van der Waals surface area contributed by atoms with Crippen LogP contribution in [0.3, 0.4) is 0 Å². The average Bonchev–Trinajstić information content (AvgIpc) is 2.93. The fourth-order valence-electron chi connectivity index (χ4n) is 2.43. The first-order valence-corrected chi connectivity index (χ1v) is 8.88. The van der Waals surface area contributed by atoms with E-state index in [9.17, 15) is 0 Å². The summed E-state index contributed by atoms with van der Waals surface area (Å²) < 4.78 is 12.2. The van der Waals surface area contributed by atoms with Crippen molar-refractivity contribution in [3.63, 3.8) is 0 Å². The van der Waals surface area contributed by atoms with E-state index in [2.05, 4.69) is 15.9 Å². The minimum absolute atomic E-state index is 0.179. The van der Waals surface area contributed by atoms with Gasteiger partial charge < -0.3 is 9.47 Å². The van der Waals surface area contributed by atoms with Gasteiger partial charge in [-0.3, -0.25) is 0 Å². The molecule has 0 amide bonds. The first kappa shape index (κ1) is 16.6. The molecule has 2 aromatic carbocycles. The molecule has 2 nitrogen and oxygen atoms in total. The highest BCUT2D eigenvalue weighted by molar-refractivity contribution is 9.09. The van der Waals surface area contributed by atoms with Gasteiger partial charge in [0.05, 0.1) is 17.0 Å². The summed E-state index contributed by atoms with van der Waals surface area (Å²) in [4.78, 5) is 0. The molecule has 0 unspecified atom stereocenters. The van der Waals surface area contributed by atoms with Crippen molar-refractivity contribution in [2.75, 3.05) is 11.9 Å². The molecule has 1 aliphatic heterocycles. The first-order chi connectivity index (χ1) is 10.5. The third-order valence-corrected chi connectivity index (χ3v) is 5.10. The second kappa shape index (κ2) is 6.68. The molecule has 0 radical (unpaired) electrons. The topological polar surface area (TPSA) is 18.5 Å². The molecule has 0 aromatic heterocycles. The van der Waals surface area contributed by atoms with E-state index in [0.29, 0.717) is 27.0 Å². The maximum atomic E-state index is 6.31. The minimum atomic E-state index is -0.925. The number of ether oxygens (including phenoxy) is 2. The highest BCUT2D eigenvalue weighted by Gasteiger charge is 2.44. The Morgan fingerprint density at radius 3 is 2.36 bits per heavy atom. The van der Waals surface area contributed by atoms with Crippen molar-refractivity contribution >= 4 is 50.7 Å². The summed E-state index contributed by atoms with van der Waals surface area (Å²) in [5.74, 6) is -0.925.